The van der Waals surface area contributed by atoms with Gasteiger partial charge in [-0.25, -0.2) is 0 Å². The minimum Gasteiger partial charge on any atom is -0.329 e. The van der Waals surface area contributed by atoms with Crippen LogP contribution >= 0.6 is 0 Å². The Kier molecular flexibility index (Phi) is 5.41. The Hall–Kier alpha value is -3.02. The lowest BCUT2D eigenvalue weighted by Gasteiger charge is -2.44. The molecule has 4 rings (SSSR count). The summed E-state index contributed by atoms with van der Waals surface area (Å²) in [5.74, 6) is 1.37. The standard InChI is InChI=1S/C24H29N5O/c1-17-13-15-24(16-14-17,28(4)22(30)20-10-6-5-7-11-20)23-25-26-27-29(23)21-12-8-9-18(2)19(21)3/h5-12,17H,13-16H2,1-4H3. The molecule has 2 aromatic carbocycles. The molecule has 0 aliphatic heterocycles. The second-order valence-corrected chi connectivity index (χ2v) is 8.58. The lowest BCUT2D eigenvalue weighted by atomic mass is 9.75. The topological polar surface area (TPSA) is 63.9 Å². The molecule has 1 heterocycles. The van der Waals surface area contributed by atoms with Gasteiger partial charge in [0.05, 0.1) is 5.69 Å². The maximum atomic E-state index is 13.4. The highest BCUT2D eigenvalue weighted by molar-refractivity contribution is 5.94. The van der Waals surface area contributed by atoms with E-state index in [1.807, 2.05) is 59.1 Å². The Bertz CT molecular complexity index is 1030. The lowest BCUT2D eigenvalue weighted by molar-refractivity contribution is 0.0327. The highest BCUT2D eigenvalue weighted by Gasteiger charge is 2.46. The normalized spacial score (nSPS) is 21.4. The van der Waals surface area contributed by atoms with Crippen molar-refractivity contribution in [3.63, 3.8) is 0 Å². The van der Waals surface area contributed by atoms with Gasteiger partial charge in [-0.3, -0.25) is 4.79 Å². The highest BCUT2D eigenvalue weighted by atomic mass is 16.2. The molecule has 0 radical (unpaired) electrons. The van der Waals surface area contributed by atoms with Crippen LogP contribution in [0.2, 0.25) is 0 Å². The fourth-order valence-electron chi connectivity index (χ4n) is 4.52. The van der Waals surface area contributed by atoms with E-state index in [0.717, 1.165) is 42.8 Å². The summed E-state index contributed by atoms with van der Waals surface area (Å²) in [4.78, 5) is 15.3. The Balaban J connectivity index is 1.82. The fourth-order valence-corrected chi connectivity index (χ4v) is 4.52. The SMILES string of the molecule is Cc1cccc(-n2nnnc2C2(N(C)C(=O)c3ccccc3)CCC(C)CC2)c1C. The zero-order chi connectivity index (χ0) is 21.3. The first-order valence-electron chi connectivity index (χ1n) is 10.6. The van der Waals surface area contributed by atoms with Crippen molar-refractivity contribution in [2.45, 2.75) is 52.0 Å². The second-order valence-electron chi connectivity index (χ2n) is 8.58. The first-order valence-corrected chi connectivity index (χ1v) is 10.6. The van der Waals surface area contributed by atoms with E-state index in [1.165, 1.54) is 5.56 Å². The molecule has 1 aliphatic rings. The predicted molar refractivity (Wildman–Crippen MR) is 116 cm³/mol. The Morgan fingerprint density at radius 1 is 1.07 bits per heavy atom. The van der Waals surface area contributed by atoms with Crippen molar-refractivity contribution in [2.24, 2.45) is 5.92 Å². The number of aryl methyl sites for hydroxylation is 1. The molecule has 0 unspecified atom stereocenters. The van der Waals surface area contributed by atoms with Crippen molar-refractivity contribution >= 4 is 5.91 Å². The fraction of sp³-hybridized carbons (Fsp3) is 0.417. The van der Waals surface area contributed by atoms with E-state index in [4.69, 9.17) is 0 Å². The molecule has 30 heavy (non-hydrogen) atoms. The van der Waals surface area contributed by atoms with Crippen LogP contribution < -0.4 is 0 Å². The van der Waals surface area contributed by atoms with Crippen molar-refractivity contribution in [1.82, 2.24) is 25.1 Å². The van der Waals surface area contributed by atoms with Crippen LogP contribution in [0.15, 0.2) is 48.5 Å². The number of carbonyl (C=O) groups is 1. The molecule has 0 saturated heterocycles. The van der Waals surface area contributed by atoms with Gasteiger partial charge < -0.3 is 4.90 Å². The van der Waals surface area contributed by atoms with Gasteiger partial charge in [-0.05, 0) is 85.2 Å². The summed E-state index contributed by atoms with van der Waals surface area (Å²) in [6, 6.07) is 15.6. The molecule has 1 aliphatic carbocycles. The Labute approximate surface area is 177 Å². The van der Waals surface area contributed by atoms with Gasteiger partial charge in [0.2, 0.25) is 0 Å². The zero-order valence-electron chi connectivity index (χ0n) is 18.2. The quantitative estimate of drug-likeness (QED) is 0.645. The average molecular weight is 404 g/mol. The minimum atomic E-state index is -0.543. The molecule has 1 fully saturated rings. The molecule has 1 amide bonds. The van der Waals surface area contributed by atoms with Gasteiger partial charge >= 0.3 is 0 Å². The highest BCUT2D eigenvalue weighted by Crippen LogP contribution is 2.43. The van der Waals surface area contributed by atoms with Crippen LogP contribution in [-0.2, 0) is 5.54 Å². The third-order valence-electron chi connectivity index (χ3n) is 6.76. The average Bonchev–Trinajstić information content (AvgIpc) is 3.26. The van der Waals surface area contributed by atoms with Crippen molar-refractivity contribution in [2.75, 3.05) is 7.05 Å². The molecular formula is C24H29N5O. The van der Waals surface area contributed by atoms with E-state index in [-0.39, 0.29) is 5.91 Å². The third kappa shape index (κ3) is 3.40. The van der Waals surface area contributed by atoms with Gasteiger partial charge in [0.25, 0.3) is 5.91 Å². The van der Waals surface area contributed by atoms with Crippen molar-refractivity contribution in [1.29, 1.82) is 0 Å². The van der Waals surface area contributed by atoms with Crippen LogP contribution in [0.5, 0.6) is 0 Å². The van der Waals surface area contributed by atoms with Gasteiger partial charge in [0.1, 0.15) is 5.54 Å². The van der Waals surface area contributed by atoms with Crippen LogP contribution in [0.25, 0.3) is 5.69 Å². The third-order valence-corrected chi connectivity index (χ3v) is 6.76. The number of hydrogen-bond acceptors (Lipinski definition) is 4. The number of amides is 1. The first kappa shape index (κ1) is 20.3. The van der Waals surface area contributed by atoms with Crippen LogP contribution in [0.4, 0.5) is 0 Å². The van der Waals surface area contributed by atoms with Crippen LogP contribution in [0, 0.1) is 19.8 Å². The largest absolute Gasteiger partial charge is 0.329 e. The Morgan fingerprint density at radius 3 is 2.47 bits per heavy atom. The second kappa shape index (κ2) is 8.01. The summed E-state index contributed by atoms with van der Waals surface area (Å²) in [6.07, 6.45) is 3.75. The molecule has 6 nitrogen and oxygen atoms in total. The van der Waals surface area contributed by atoms with E-state index < -0.39 is 5.54 Å². The number of nitrogens with zero attached hydrogens (tertiary/aromatic N) is 5. The molecule has 0 bridgehead atoms. The molecule has 3 aromatic rings. The molecule has 1 aromatic heterocycles. The number of aromatic nitrogens is 4. The summed E-state index contributed by atoms with van der Waals surface area (Å²) in [5.41, 5.74) is 3.44. The number of carbonyl (C=O) groups excluding carboxylic acids is 1. The first-order chi connectivity index (χ1) is 14.4. The number of benzene rings is 2. The van der Waals surface area contributed by atoms with Crippen molar-refractivity contribution in [3.05, 3.63) is 71.0 Å². The van der Waals surface area contributed by atoms with Gasteiger partial charge in [-0.15, -0.1) is 5.10 Å². The molecule has 0 atom stereocenters. The van der Waals surface area contributed by atoms with Crippen LogP contribution in [-0.4, -0.2) is 38.1 Å². The molecule has 6 heteroatoms. The van der Waals surface area contributed by atoms with Crippen molar-refractivity contribution in [3.8, 4) is 5.69 Å². The summed E-state index contributed by atoms with van der Waals surface area (Å²) in [7, 11) is 1.90. The van der Waals surface area contributed by atoms with Gasteiger partial charge in [-0.2, -0.15) is 4.68 Å². The van der Waals surface area contributed by atoms with Gasteiger partial charge in [0.15, 0.2) is 5.82 Å². The van der Waals surface area contributed by atoms with E-state index in [2.05, 4.69) is 42.4 Å². The smallest absolute Gasteiger partial charge is 0.254 e. The number of rotatable bonds is 4. The zero-order valence-corrected chi connectivity index (χ0v) is 18.2. The van der Waals surface area contributed by atoms with Gasteiger partial charge in [0, 0.05) is 12.6 Å². The van der Waals surface area contributed by atoms with Crippen molar-refractivity contribution < 1.29 is 4.79 Å². The predicted octanol–water partition coefficient (Wildman–Crippen LogP) is 4.46. The summed E-state index contributed by atoms with van der Waals surface area (Å²) in [5, 5.41) is 12.9. The maximum absolute atomic E-state index is 13.4. The molecule has 0 spiro atoms. The van der Waals surface area contributed by atoms with E-state index in [9.17, 15) is 4.79 Å². The molecule has 1 saturated carbocycles. The number of tetrazole rings is 1. The van der Waals surface area contributed by atoms with E-state index >= 15 is 0 Å². The van der Waals surface area contributed by atoms with E-state index in [1.54, 1.807) is 0 Å². The minimum absolute atomic E-state index is 0.000618. The molecule has 0 N–H and O–H groups in total. The summed E-state index contributed by atoms with van der Waals surface area (Å²) in [6.45, 7) is 6.45. The number of hydrogen-bond donors (Lipinski definition) is 0. The van der Waals surface area contributed by atoms with Crippen LogP contribution in [0.3, 0.4) is 0 Å². The van der Waals surface area contributed by atoms with Gasteiger partial charge in [-0.1, -0.05) is 37.3 Å². The lowest BCUT2D eigenvalue weighted by Crippen LogP contribution is -2.50. The summed E-state index contributed by atoms with van der Waals surface area (Å²) < 4.78 is 1.84. The summed E-state index contributed by atoms with van der Waals surface area (Å²) >= 11 is 0. The van der Waals surface area contributed by atoms with E-state index in [0.29, 0.717) is 11.5 Å². The van der Waals surface area contributed by atoms with Crippen LogP contribution in [0.1, 0.15) is 59.9 Å². The Morgan fingerprint density at radius 2 is 1.77 bits per heavy atom. The molecular weight excluding hydrogens is 374 g/mol. The monoisotopic (exact) mass is 403 g/mol. The maximum Gasteiger partial charge on any atom is 0.254 e. The molecule has 156 valence electrons.